The Hall–Kier alpha value is -1.29. The molecular formula is C11H19N3O. The minimum absolute atomic E-state index is 0.0323. The van der Waals surface area contributed by atoms with Gasteiger partial charge >= 0.3 is 0 Å². The van der Waals surface area contributed by atoms with Crippen LogP contribution in [0.15, 0.2) is 18.3 Å². The van der Waals surface area contributed by atoms with E-state index < -0.39 is 0 Å². The molecule has 1 heterocycles. The fourth-order valence-electron chi connectivity index (χ4n) is 1.23. The molecule has 0 aliphatic heterocycles. The lowest BCUT2D eigenvalue weighted by Crippen LogP contribution is -2.36. The Bertz CT molecular complexity index is 317. The number of aryl methyl sites for hydroxylation is 1. The summed E-state index contributed by atoms with van der Waals surface area (Å²) in [6.45, 7) is 5.00. The first-order chi connectivity index (χ1) is 7.09. The van der Waals surface area contributed by atoms with Crippen molar-refractivity contribution in [2.24, 2.45) is 7.05 Å². The van der Waals surface area contributed by atoms with Gasteiger partial charge in [-0.05, 0) is 12.1 Å². The van der Waals surface area contributed by atoms with Crippen molar-refractivity contribution in [3.63, 3.8) is 0 Å². The molecule has 0 saturated heterocycles. The van der Waals surface area contributed by atoms with E-state index in [1.807, 2.05) is 43.8 Å². The summed E-state index contributed by atoms with van der Waals surface area (Å²) in [5, 5.41) is 5.93. The number of carbonyl (C=O) groups is 1. The van der Waals surface area contributed by atoms with E-state index in [2.05, 4.69) is 10.6 Å². The van der Waals surface area contributed by atoms with Crippen LogP contribution < -0.4 is 10.6 Å². The second-order valence-corrected chi connectivity index (χ2v) is 3.92. The van der Waals surface area contributed by atoms with Gasteiger partial charge in [0.25, 0.3) is 0 Å². The molecule has 0 unspecified atom stereocenters. The zero-order valence-electron chi connectivity index (χ0n) is 9.58. The molecule has 0 aromatic carbocycles. The monoisotopic (exact) mass is 209 g/mol. The minimum Gasteiger partial charge on any atom is -0.353 e. The Kier molecular flexibility index (Phi) is 4.37. The first-order valence-electron chi connectivity index (χ1n) is 5.20. The number of carbonyl (C=O) groups excluding carboxylic acids is 1. The maximum absolute atomic E-state index is 11.4. The van der Waals surface area contributed by atoms with E-state index in [1.165, 1.54) is 0 Å². The maximum Gasteiger partial charge on any atom is 0.234 e. The van der Waals surface area contributed by atoms with E-state index in [-0.39, 0.29) is 5.91 Å². The molecule has 0 radical (unpaired) electrons. The van der Waals surface area contributed by atoms with Crippen LogP contribution in [0.3, 0.4) is 0 Å². The molecule has 0 bridgehead atoms. The van der Waals surface area contributed by atoms with Crippen LogP contribution >= 0.6 is 0 Å². The number of nitrogens with one attached hydrogen (secondary N) is 2. The third kappa shape index (κ3) is 4.16. The van der Waals surface area contributed by atoms with Crippen LogP contribution in [0.25, 0.3) is 0 Å². The molecule has 1 aromatic rings. The molecule has 4 nitrogen and oxygen atoms in total. The third-order valence-electron chi connectivity index (χ3n) is 2.19. The van der Waals surface area contributed by atoms with Crippen molar-refractivity contribution >= 4 is 5.91 Å². The Morgan fingerprint density at radius 2 is 2.27 bits per heavy atom. The Morgan fingerprint density at radius 1 is 1.53 bits per heavy atom. The Morgan fingerprint density at radius 3 is 2.80 bits per heavy atom. The molecule has 1 amide bonds. The summed E-state index contributed by atoms with van der Waals surface area (Å²) < 4.78 is 2.00. The highest BCUT2D eigenvalue weighted by Crippen LogP contribution is 1.97. The van der Waals surface area contributed by atoms with Crippen molar-refractivity contribution in [2.75, 3.05) is 6.54 Å². The lowest BCUT2D eigenvalue weighted by molar-refractivity contribution is -0.120. The molecule has 2 N–H and O–H groups in total. The predicted molar refractivity (Wildman–Crippen MR) is 60.4 cm³/mol. The van der Waals surface area contributed by atoms with Gasteiger partial charge in [-0.15, -0.1) is 0 Å². The standard InChI is InChI=1S/C11H19N3O/c1-9(2)12-8-11(15)13-7-10-5-4-6-14(10)3/h4-6,9,12H,7-8H2,1-3H3,(H,13,15). The van der Waals surface area contributed by atoms with E-state index in [1.54, 1.807) is 0 Å². The summed E-state index contributed by atoms with van der Waals surface area (Å²) in [6, 6.07) is 4.30. The first kappa shape index (κ1) is 11.8. The highest BCUT2D eigenvalue weighted by atomic mass is 16.1. The van der Waals surface area contributed by atoms with Gasteiger partial charge in [-0.1, -0.05) is 13.8 Å². The van der Waals surface area contributed by atoms with Gasteiger partial charge in [0.2, 0.25) is 5.91 Å². The zero-order valence-corrected chi connectivity index (χ0v) is 9.58. The molecule has 1 rings (SSSR count). The molecule has 4 heteroatoms. The molecule has 0 aliphatic rings. The van der Waals surface area contributed by atoms with Gasteiger partial charge in [-0.2, -0.15) is 0 Å². The van der Waals surface area contributed by atoms with Gasteiger partial charge in [0.1, 0.15) is 0 Å². The van der Waals surface area contributed by atoms with E-state index in [9.17, 15) is 4.79 Å². The lowest BCUT2D eigenvalue weighted by atomic mass is 10.4. The number of rotatable bonds is 5. The van der Waals surface area contributed by atoms with E-state index in [0.29, 0.717) is 19.1 Å². The smallest absolute Gasteiger partial charge is 0.234 e. The van der Waals surface area contributed by atoms with Gasteiger partial charge in [-0.3, -0.25) is 4.79 Å². The molecule has 0 saturated carbocycles. The first-order valence-corrected chi connectivity index (χ1v) is 5.20. The van der Waals surface area contributed by atoms with Gasteiger partial charge in [0.15, 0.2) is 0 Å². The van der Waals surface area contributed by atoms with Gasteiger partial charge in [0, 0.05) is 25.0 Å². The lowest BCUT2D eigenvalue weighted by Gasteiger charge is -2.09. The van der Waals surface area contributed by atoms with Crippen LogP contribution in [0.5, 0.6) is 0 Å². The number of amides is 1. The van der Waals surface area contributed by atoms with Gasteiger partial charge in [0.05, 0.1) is 13.1 Å². The number of nitrogens with zero attached hydrogens (tertiary/aromatic N) is 1. The molecule has 84 valence electrons. The van der Waals surface area contributed by atoms with Crippen LogP contribution in [0, 0.1) is 0 Å². The van der Waals surface area contributed by atoms with E-state index >= 15 is 0 Å². The zero-order chi connectivity index (χ0) is 11.3. The molecule has 0 atom stereocenters. The number of aromatic nitrogens is 1. The van der Waals surface area contributed by atoms with Crippen LogP contribution in [0.2, 0.25) is 0 Å². The largest absolute Gasteiger partial charge is 0.353 e. The summed E-state index contributed by atoms with van der Waals surface area (Å²) in [7, 11) is 1.97. The predicted octanol–water partition coefficient (Wildman–Crippen LogP) is 0.639. The summed E-state index contributed by atoms with van der Waals surface area (Å²) in [6.07, 6.45) is 1.97. The summed E-state index contributed by atoms with van der Waals surface area (Å²) in [5.74, 6) is 0.0323. The second kappa shape index (κ2) is 5.56. The third-order valence-corrected chi connectivity index (χ3v) is 2.19. The molecular weight excluding hydrogens is 190 g/mol. The van der Waals surface area contributed by atoms with Gasteiger partial charge < -0.3 is 15.2 Å². The maximum atomic E-state index is 11.4. The van der Waals surface area contributed by atoms with Crippen molar-refractivity contribution in [1.82, 2.24) is 15.2 Å². The normalized spacial score (nSPS) is 10.7. The minimum atomic E-state index is 0.0323. The van der Waals surface area contributed by atoms with E-state index in [4.69, 9.17) is 0 Å². The van der Waals surface area contributed by atoms with E-state index in [0.717, 1.165) is 5.69 Å². The fourth-order valence-corrected chi connectivity index (χ4v) is 1.23. The molecule has 0 aliphatic carbocycles. The van der Waals surface area contributed by atoms with Crippen LogP contribution in [-0.2, 0) is 18.4 Å². The highest BCUT2D eigenvalue weighted by molar-refractivity contribution is 5.77. The summed E-state index contributed by atoms with van der Waals surface area (Å²) in [4.78, 5) is 11.4. The quantitative estimate of drug-likeness (QED) is 0.747. The molecule has 0 fully saturated rings. The van der Waals surface area contributed by atoms with Gasteiger partial charge in [-0.25, -0.2) is 0 Å². The highest BCUT2D eigenvalue weighted by Gasteiger charge is 2.03. The molecule has 0 spiro atoms. The topological polar surface area (TPSA) is 46.1 Å². The van der Waals surface area contributed by atoms with Crippen molar-refractivity contribution in [2.45, 2.75) is 26.4 Å². The average Bonchev–Trinajstić information content (AvgIpc) is 2.58. The Balaban J connectivity index is 2.26. The molecule has 15 heavy (non-hydrogen) atoms. The summed E-state index contributed by atoms with van der Waals surface area (Å²) in [5.41, 5.74) is 1.10. The molecule has 1 aromatic heterocycles. The van der Waals surface area contributed by atoms with Crippen molar-refractivity contribution in [1.29, 1.82) is 0 Å². The number of hydrogen-bond acceptors (Lipinski definition) is 2. The SMILES string of the molecule is CC(C)NCC(=O)NCc1cccn1C. The Labute approximate surface area is 90.7 Å². The average molecular weight is 209 g/mol. The van der Waals surface area contributed by atoms with Crippen LogP contribution in [-0.4, -0.2) is 23.1 Å². The van der Waals surface area contributed by atoms with Crippen LogP contribution in [0.1, 0.15) is 19.5 Å². The van der Waals surface area contributed by atoms with Crippen molar-refractivity contribution in [3.05, 3.63) is 24.0 Å². The number of hydrogen-bond donors (Lipinski definition) is 2. The second-order valence-electron chi connectivity index (χ2n) is 3.92. The van der Waals surface area contributed by atoms with Crippen molar-refractivity contribution < 1.29 is 4.79 Å². The fraction of sp³-hybridized carbons (Fsp3) is 0.545. The summed E-state index contributed by atoms with van der Waals surface area (Å²) >= 11 is 0. The van der Waals surface area contributed by atoms with Crippen molar-refractivity contribution in [3.8, 4) is 0 Å². The van der Waals surface area contributed by atoms with Crippen LogP contribution in [0.4, 0.5) is 0 Å².